The Morgan fingerprint density at radius 3 is 2.47 bits per heavy atom. The third-order valence-corrected chi connectivity index (χ3v) is 3.89. The monoisotopic (exact) mass is 290 g/mol. The highest BCUT2D eigenvalue weighted by Gasteiger charge is 2.07. The number of rotatable bonds is 3. The number of aromatic nitrogens is 2. The van der Waals surface area contributed by atoms with Gasteiger partial charge >= 0.3 is 0 Å². The van der Waals surface area contributed by atoms with Crippen molar-refractivity contribution in [2.75, 3.05) is 0 Å². The zero-order valence-electron chi connectivity index (χ0n) is 10.2. The maximum absolute atomic E-state index is 6.17. The lowest BCUT2D eigenvalue weighted by Crippen LogP contribution is -2.03. The molecule has 0 spiro atoms. The van der Waals surface area contributed by atoms with Crippen LogP contribution < -0.4 is 0 Å². The van der Waals surface area contributed by atoms with Gasteiger partial charge in [0.05, 0.1) is 11.7 Å². The third kappa shape index (κ3) is 2.46. The van der Waals surface area contributed by atoms with Gasteiger partial charge in [-0.3, -0.25) is 4.68 Å². The molecule has 2 aromatic carbocycles. The van der Waals surface area contributed by atoms with E-state index in [1.54, 1.807) is 0 Å². The molecule has 0 N–H and O–H groups in total. The van der Waals surface area contributed by atoms with Crippen LogP contribution in [0.1, 0.15) is 5.56 Å². The van der Waals surface area contributed by atoms with Crippen LogP contribution in [0.4, 0.5) is 0 Å². The summed E-state index contributed by atoms with van der Waals surface area (Å²) < 4.78 is 1.98. The number of para-hydroxylation sites is 1. The zero-order valence-corrected chi connectivity index (χ0v) is 11.7. The lowest BCUT2D eigenvalue weighted by Gasteiger charge is -2.07. The highest BCUT2D eigenvalue weighted by Crippen LogP contribution is 2.25. The van der Waals surface area contributed by atoms with Gasteiger partial charge in [-0.25, -0.2) is 0 Å². The van der Waals surface area contributed by atoms with Crippen LogP contribution in [0.5, 0.6) is 0 Å². The Hall–Kier alpha value is -1.51. The van der Waals surface area contributed by atoms with Crippen LogP contribution in [0, 0.1) is 0 Å². The van der Waals surface area contributed by atoms with Gasteiger partial charge < -0.3 is 0 Å². The molecular formula is C15H12Cl2N2. The van der Waals surface area contributed by atoms with Crippen LogP contribution in [0.2, 0.25) is 10.0 Å². The number of nitrogens with zero attached hydrogens (tertiary/aromatic N) is 2. The van der Waals surface area contributed by atoms with E-state index in [-0.39, 0.29) is 0 Å². The maximum Gasteiger partial charge on any atom is 0.0682 e. The first kappa shape index (κ1) is 12.5. The molecule has 1 heterocycles. The van der Waals surface area contributed by atoms with Gasteiger partial charge in [-0.05, 0) is 30.2 Å². The van der Waals surface area contributed by atoms with Gasteiger partial charge in [0.2, 0.25) is 0 Å². The number of hydrogen-bond acceptors (Lipinski definition) is 1. The summed E-state index contributed by atoms with van der Waals surface area (Å²) in [6.45, 7) is 0.761. The van der Waals surface area contributed by atoms with E-state index in [0.717, 1.165) is 29.4 Å². The van der Waals surface area contributed by atoms with Gasteiger partial charge in [-0.2, -0.15) is 5.10 Å². The minimum Gasteiger partial charge on any atom is -0.265 e. The molecule has 19 heavy (non-hydrogen) atoms. The van der Waals surface area contributed by atoms with Crippen molar-refractivity contribution in [2.24, 2.45) is 0 Å². The SMILES string of the molecule is Clc1cccc(Cl)c1CCn1ncc2ccccc21. The van der Waals surface area contributed by atoms with Crippen molar-refractivity contribution in [3.05, 3.63) is 64.3 Å². The van der Waals surface area contributed by atoms with Gasteiger partial charge in [-0.1, -0.05) is 47.5 Å². The molecule has 2 nitrogen and oxygen atoms in total. The first-order valence-electron chi connectivity index (χ1n) is 6.09. The molecular weight excluding hydrogens is 279 g/mol. The van der Waals surface area contributed by atoms with E-state index in [0.29, 0.717) is 10.0 Å². The third-order valence-electron chi connectivity index (χ3n) is 3.19. The van der Waals surface area contributed by atoms with E-state index in [1.807, 2.05) is 41.2 Å². The fraction of sp³-hybridized carbons (Fsp3) is 0.133. The lowest BCUT2D eigenvalue weighted by atomic mass is 10.1. The Morgan fingerprint density at radius 1 is 0.947 bits per heavy atom. The topological polar surface area (TPSA) is 17.8 Å². The molecule has 0 bridgehead atoms. The number of benzene rings is 2. The minimum atomic E-state index is 0.712. The molecule has 0 unspecified atom stereocenters. The summed E-state index contributed by atoms with van der Waals surface area (Å²) in [5.41, 5.74) is 2.11. The molecule has 0 radical (unpaired) electrons. The van der Waals surface area contributed by atoms with Crippen molar-refractivity contribution in [3.8, 4) is 0 Å². The van der Waals surface area contributed by atoms with Crippen LogP contribution in [-0.4, -0.2) is 9.78 Å². The van der Waals surface area contributed by atoms with Crippen molar-refractivity contribution in [3.63, 3.8) is 0 Å². The first-order valence-corrected chi connectivity index (χ1v) is 6.85. The van der Waals surface area contributed by atoms with Crippen molar-refractivity contribution < 1.29 is 0 Å². The Morgan fingerprint density at radius 2 is 1.68 bits per heavy atom. The normalized spacial score (nSPS) is 11.1. The van der Waals surface area contributed by atoms with Gasteiger partial charge in [0.25, 0.3) is 0 Å². The Bertz CT molecular complexity index is 699. The second-order valence-corrected chi connectivity index (χ2v) is 5.19. The minimum absolute atomic E-state index is 0.712. The Labute approximate surface area is 121 Å². The number of halogens is 2. The van der Waals surface area contributed by atoms with Crippen LogP contribution in [0.3, 0.4) is 0 Å². The number of hydrogen-bond donors (Lipinski definition) is 0. The van der Waals surface area contributed by atoms with Crippen molar-refractivity contribution in [2.45, 2.75) is 13.0 Å². The summed E-state index contributed by atoms with van der Waals surface area (Å²) in [5, 5.41) is 6.97. The van der Waals surface area contributed by atoms with Gasteiger partial charge in [0, 0.05) is 22.0 Å². The van der Waals surface area contributed by atoms with E-state index in [9.17, 15) is 0 Å². The van der Waals surface area contributed by atoms with Crippen molar-refractivity contribution in [1.82, 2.24) is 9.78 Å². The zero-order chi connectivity index (χ0) is 13.2. The molecule has 0 saturated heterocycles. The second kappa shape index (κ2) is 5.24. The predicted octanol–water partition coefficient (Wildman–Crippen LogP) is 4.59. The average Bonchev–Trinajstić information content (AvgIpc) is 2.82. The fourth-order valence-corrected chi connectivity index (χ4v) is 2.78. The molecule has 96 valence electrons. The number of fused-ring (bicyclic) bond motifs is 1. The molecule has 0 atom stereocenters. The van der Waals surface area contributed by atoms with Gasteiger partial charge in [-0.15, -0.1) is 0 Å². The van der Waals surface area contributed by atoms with E-state index >= 15 is 0 Å². The molecule has 0 aliphatic rings. The molecule has 1 aromatic heterocycles. The average molecular weight is 291 g/mol. The highest BCUT2D eigenvalue weighted by atomic mass is 35.5. The van der Waals surface area contributed by atoms with Crippen LogP contribution in [0.15, 0.2) is 48.7 Å². The summed E-state index contributed by atoms with van der Waals surface area (Å²) >= 11 is 12.3. The van der Waals surface area contributed by atoms with E-state index < -0.39 is 0 Å². The fourth-order valence-electron chi connectivity index (χ4n) is 2.19. The standard InChI is InChI=1S/C15H12Cl2N2/c16-13-5-3-6-14(17)12(13)8-9-19-15-7-2-1-4-11(15)10-18-19/h1-7,10H,8-9H2. The summed E-state index contributed by atoms with van der Waals surface area (Å²) in [6, 6.07) is 13.7. The quantitative estimate of drug-likeness (QED) is 0.690. The van der Waals surface area contributed by atoms with Crippen molar-refractivity contribution in [1.29, 1.82) is 0 Å². The van der Waals surface area contributed by atoms with Crippen LogP contribution >= 0.6 is 23.2 Å². The van der Waals surface area contributed by atoms with Crippen molar-refractivity contribution >= 4 is 34.1 Å². The Kier molecular flexibility index (Phi) is 3.45. The molecule has 0 fully saturated rings. The molecule has 0 aliphatic carbocycles. The largest absolute Gasteiger partial charge is 0.265 e. The second-order valence-electron chi connectivity index (χ2n) is 4.38. The van der Waals surface area contributed by atoms with Crippen LogP contribution in [-0.2, 0) is 13.0 Å². The first-order chi connectivity index (χ1) is 9.25. The smallest absolute Gasteiger partial charge is 0.0682 e. The summed E-state index contributed by atoms with van der Waals surface area (Å²) in [7, 11) is 0. The van der Waals surface area contributed by atoms with E-state index in [2.05, 4.69) is 17.2 Å². The molecule has 0 aliphatic heterocycles. The molecule has 4 heteroatoms. The lowest BCUT2D eigenvalue weighted by molar-refractivity contribution is 0.635. The summed E-state index contributed by atoms with van der Waals surface area (Å²) in [6.07, 6.45) is 2.65. The summed E-state index contributed by atoms with van der Waals surface area (Å²) in [4.78, 5) is 0. The number of aryl methyl sites for hydroxylation is 1. The molecule has 3 rings (SSSR count). The van der Waals surface area contributed by atoms with Gasteiger partial charge in [0.15, 0.2) is 0 Å². The molecule has 0 amide bonds. The summed E-state index contributed by atoms with van der Waals surface area (Å²) in [5.74, 6) is 0. The van der Waals surface area contributed by atoms with E-state index in [4.69, 9.17) is 23.2 Å². The van der Waals surface area contributed by atoms with Crippen LogP contribution in [0.25, 0.3) is 10.9 Å². The molecule has 3 aromatic rings. The predicted molar refractivity (Wildman–Crippen MR) is 79.9 cm³/mol. The maximum atomic E-state index is 6.17. The molecule has 0 saturated carbocycles. The highest BCUT2D eigenvalue weighted by molar-refractivity contribution is 6.35. The van der Waals surface area contributed by atoms with Gasteiger partial charge in [0.1, 0.15) is 0 Å². The Balaban J connectivity index is 1.87. The van der Waals surface area contributed by atoms with E-state index in [1.165, 1.54) is 0 Å².